The zero-order chi connectivity index (χ0) is 16.1. The predicted molar refractivity (Wildman–Crippen MR) is 89.0 cm³/mol. The Hall–Kier alpha value is -2.99. The van der Waals surface area contributed by atoms with Crippen LogP contribution in [-0.4, -0.2) is 20.9 Å². The highest BCUT2D eigenvalue weighted by Gasteiger charge is 2.09. The Bertz CT molecular complexity index is 811. The first-order valence-electron chi connectivity index (χ1n) is 6.78. The number of benzene rings is 1. The van der Waals surface area contributed by atoms with Crippen LogP contribution in [0.5, 0.6) is 0 Å². The van der Waals surface area contributed by atoms with Gasteiger partial charge in [-0.2, -0.15) is 0 Å². The molecule has 23 heavy (non-hydrogen) atoms. The number of amides is 1. The zero-order valence-electron chi connectivity index (χ0n) is 11.9. The minimum atomic E-state index is -0.297. The Morgan fingerprint density at radius 1 is 0.957 bits per heavy atom. The molecule has 0 spiro atoms. The van der Waals surface area contributed by atoms with Gasteiger partial charge in [0.05, 0.1) is 10.7 Å². The summed E-state index contributed by atoms with van der Waals surface area (Å²) in [5.41, 5.74) is 1.56. The van der Waals surface area contributed by atoms with Crippen molar-refractivity contribution in [2.45, 2.75) is 0 Å². The molecule has 0 saturated carbocycles. The maximum atomic E-state index is 12.0. The van der Waals surface area contributed by atoms with Crippen molar-refractivity contribution in [1.29, 1.82) is 0 Å². The van der Waals surface area contributed by atoms with E-state index in [1.54, 1.807) is 61.1 Å². The van der Waals surface area contributed by atoms with Crippen LogP contribution >= 0.6 is 11.6 Å². The maximum absolute atomic E-state index is 12.0. The van der Waals surface area contributed by atoms with Crippen LogP contribution in [0.25, 0.3) is 0 Å². The maximum Gasteiger partial charge on any atom is 0.274 e. The first-order chi connectivity index (χ1) is 11.2. The van der Waals surface area contributed by atoms with Crippen LogP contribution in [0, 0.1) is 0 Å². The van der Waals surface area contributed by atoms with Gasteiger partial charge in [0, 0.05) is 24.3 Å². The summed E-state index contributed by atoms with van der Waals surface area (Å²) in [6, 6.07) is 12.0. The number of pyridine rings is 1. The highest BCUT2D eigenvalue weighted by molar-refractivity contribution is 6.33. The monoisotopic (exact) mass is 325 g/mol. The summed E-state index contributed by atoms with van der Waals surface area (Å²) in [5, 5.41) is 6.19. The Morgan fingerprint density at radius 2 is 1.74 bits per heavy atom. The summed E-state index contributed by atoms with van der Waals surface area (Å²) in [6.07, 6.45) is 4.82. The van der Waals surface area contributed by atoms with E-state index in [2.05, 4.69) is 25.6 Å². The van der Waals surface area contributed by atoms with Gasteiger partial charge in [0.2, 0.25) is 5.95 Å². The van der Waals surface area contributed by atoms with Gasteiger partial charge in [-0.25, -0.2) is 9.97 Å². The van der Waals surface area contributed by atoms with Crippen molar-refractivity contribution in [3.05, 3.63) is 71.8 Å². The standard InChI is InChI=1S/C16H12ClN5O/c17-12-10-11(21-15(23)14-4-1-2-7-18-14)5-6-13(12)22-16-19-8-3-9-20-16/h1-10H,(H,21,23)(H,19,20,22). The molecule has 114 valence electrons. The number of halogens is 1. The second kappa shape index (κ2) is 6.85. The number of hydrogen-bond acceptors (Lipinski definition) is 5. The summed E-state index contributed by atoms with van der Waals surface area (Å²) in [5.74, 6) is 0.147. The Morgan fingerprint density at radius 3 is 2.43 bits per heavy atom. The average molecular weight is 326 g/mol. The van der Waals surface area contributed by atoms with Crippen LogP contribution in [0.2, 0.25) is 5.02 Å². The topological polar surface area (TPSA) is 79.8 Å². The smallest absolute Gasteiger partial charge is 0.274 e. The van der Waals surface area contributed by atoms with Crippen molar-refractivity contribution < 1.29 is 4.79 Å². The lowest BCUT2D eigenvalue weighted by molar-refractivity contribution is 0.102. The van der Waals surface area contributed by atoms with Gasteiger partial charge >= 0.3 is 0 Å². The molecular formula is C16H12ClN5O. The number of nitrogens with zero attached hydrogens (tertiary/aromatic N) is 3. The number of hydrogen-bond donors (Lipinski definition) is 2. The Kier molecular flexibility index (Phi) is 4.44. The first-order valence-corrected chi connectivity index (χ1v) is 7.16. The summed E-state index contributed by atoms with van der Waals surface area (Å²) in [7, 11) is 0. The lowest BCUT2D eigenvalue weighted by atomic mass is 10.2. The fraction of sp³-hybridized carbons (Fsp3) is 0. The van der Waals surface area contributed by atoms with E-state index in [4.69, 9.17) is 11.6 Å². The molecule has 2 aromatic heterocycles. The molecule has 0 unspecified atom stereocenters. The van der Waals surface area contributed by atoms with Gasteiger partial charge in [-0.05, 0) is 36.4 Å². The van der Waals surface area contributed by atoms with E-state index < -0.39 is 0 Å². The molecule has 0 bridgehead atoms. The average Bonchev–Trinajstić information content (AvgIpc) is 2.59. The normalized spacial score (nSPS) is 10.1. The summed E-state index contributed by atoms with van der Waals surface area (Å²) in [4.78, 5) is 24.2. The van der Waals surface area contributed by atoms with Crippen molar-refractivity contribution >= 4 is 34.8 Å². The fourth-order valence-corrected chi connectivity index (χ4v) is 2.10. The van der Waals surface area contributed by atoms with Crippen molar-refractivity contribution in [2.24, 2.45) is 0 Å². The van der Waals surface area contributed by atoms with Crippen LogP contribution in [0.4, 0.5) is 17.3 Å². The second-order valence-corrected chi connectivity index (χ2v) is 4.97. The number of aromatic nitrogens is 3. The van der Waals surface area contributed by atoms with Crippen molar-refractivity contribution in [3.63, 3.8) is 0 Å². The van der Waals surface area contributed by atoms with Crippen LogP contribution in [0.3, 0.4) is 0 Å². The molecule has 0 aliphatic rings. The third kappa shape index (κ3) is 3.81. The third-order valence-corrected chi connectivity index (χ3v) is 3.25. The largest absolute Gasteiger partial charge is 0.323 e. The highest BCUT2D eigenvalue weighted by Crippen LogP contribution is 2.27. The van der Waals surface area contributed by atoms with E-state index in [1.165, 1.54) is 0 Å². The molecule has 0 saturated heterocycles. The molecule has 1 aromatic carbocycles. The van der Waals surface area contributed by atoms with Crippen LogP contribution in [0.15, 0.2) is 61.1 Å². The van der Waals surface area contributed by atoms with E-state index in [1.807, 2.05) is 0 Å². The lowest BCUT2D eigenvalue weighted by Crippen LogP contribution is -2.13. The van der Waals surface area contributed by atoms with E-state index in [9.17, 15) is 4.79 Å². The summed E-state index contributed by atoms with van der Waals surface area (Å²) in [6.45, 7) is 0. The van der Waals surface area contributed by atoms with Gasteiger partial charge in [-0.3, -0.25) is 9.78 Å². The molecule has 0 aliphatic heterocycles. The molecule has 0 radical (unpaired) electrons. The molecule has 2 heterocycles. The summed E-state index contributed by atoms with van der Waals surface area (Å²) >= 11 is 6.22. The highest BCUT2D eigenvalue weighted by atomic mass is 35.5. The molecular weight excluding hydrogens is 314 g/mol. The Balaban J connectivity index is 1.73. The van der Waals surface area contributed by atoms with Gasteiger partial charge in [-0.1, -0.05) is 17.7 Å². The van der Waals surface area contributed by atoms with E-state index in [0.29, 0.717) is 28.0 Å². The van der Waals surface area contributed by atoms with Gasteiger partial charge in [-0.15, -0.1) is 0 Å². The lowest BCUT2D eigenvalue weighted by Gasteiger charge is -2.09. The molecule has 3 aromatic rings. The van der Waals surface area contributed by atoms with Gasteiger partial charge in [0.25, 0.3) is 5.91 Å². The van der Waals surface area contributed by atoms with Crippen LogP contribution < -0.4 is 10.6 Å². The zero-order valence-corrected chi connectivity index (χ0v) is 12.7. The SMILES string of the molecule is O=C(Nc1ccc(Nc2ncccn2)c(Cl)c1)c1ccccn1. The number of carbonyl (C=O) groups is 1. The number of nitrogens with one attached hydrogen (secondary N) is 2. The predicted octanol–water partition coefficient (Wildman–Crippen LogP) is 3.52. The minimum absolute atomic E-state index is 0.297. The number of carbonyl (C=O) groups excluding carboxylic acids is 1. The van der Waals surface area contributed by atoms with E-state index in [0.717, 1.165) is 0 Å². The molecule has 0 aliphatic carbocycles. The molecule has 3 rings (SSSR count). The van der Waals surface area contributed by atoms with Crippen molar-refractivity contribution in [3.8, 4) is 0 Å². The van der Waals surface area contributed by atoms with Crippen molar-refractivity contribution in [2.75, 3.05) is 10.6 Å². The number of anilines is 3. The molecule has 1 amide bonds. The van der Waals surface area contributed by atoms with Crippen LogP contribution in [0.1, 0.15) is 10.5 Å². The van der Waals surface area contributed by atoms with Crippen molar-refractivity contribution in [1.82, 2.24) is 15.0 Å². The summed E-state index contributed by atoms with van der Waals surface area (Å²) < 4.78 is 0. The van der Waals surface area contributed by atoms with Crippen LogP contribution in [-0.2, 0) is 0 Å². The fourth-order valence-electron chi connectivity index (χ4n) is 1.87. The molecule has 0 atom stereocenters. The third-order valence-electron chi connectivity index (χ3n) is 2.94. The van der Waals surface area contributed by atoms with E-state index in [-0.39, 0.29) is 5.91 Å². The van der Waals surface area contributed by atoms with Gasteiger partial charge in [0.15, 0.2) is 0 Å². The van der Waals surface area contributed by atoms with E-state index >= 15 is 0 Å². The molecule has 0 fully saturated rings. The molecule has 6 nitrogen and oxygen atoms in total. The number of rotatable bonds is 4. The molecule has 7 heteroatoms. The second-order valence-electron chi connectivity index (χ2n) is 4.56. The minimum Gasteiger partial charge on any atom is -0.323 e. The van der Waals surface area contributed by atoms with Gasteiger partial charge < -0.3 is 10.6 Å². The quantitative estimate of drug-likeness (QED) is 0.767. The van der Waals surface area contributed by atoms with Gasteiger partial charge in [0.1, 0.15) is 5.69 Å². The molecule has 2 N–H and O–H groups in total. The Labute approximate surface area is 137 Å². The first kappa shape index (κ1) is 14.9.